The van der Waals surface area contributed by atoms with Crippen LogP contribution >= 0.6 is 0 Å². The van der Waals surface area contributed by atoms with E-state index in [9.17, 15) is 38.7 Å². The van der Waals surface area contributed by atoms with Crippen LogP contribution in [0, 0.1) is 11.8 Å². The van der Waals surface area contributed by atoms with Crippen molar-refractivity contribution in [2.45, 2.75) is 65.9 Å². The van der Waals surface area contributed by atoms with Crippen LogP contribution < -0.4 is 16.4 Å². The number of nitrogens with two attached hydrogens (primary N) is 1. The summed E-state index contributed by atoms with van der Waals surface area (Å²) in [5.41, 5.74) is 7.04. The predicted octanol–water partition coefficient (Wildman–Crippen LogP) is 3.87. The van der Waals surface area contributed by atoms with E-state index in [0.29, 0.717) is 29.2 Å². The number of aromatic nitrogens is 1. The number of pyridine rings is 1. The predicted molar refractivity (Wildman–Crippen MR) is 200 cm³/mol. The first-order chi connectivity index (χ1) is 26.6. The van der Waals surface area contributed by atoms with Gasteiger partial charge >= 0.3 is 24.0 Å². The molecular weight excluding hydrogens is 728 g/mol. The maximum absolute atomic E-state index is 14.1. The highest BCUT2D eigenvalue weighted by molar-refractivity contribution is 6.07. The van der Waals surface area contributed by atoms with Crippen LogP contribution in [-0.4, -0.2) is 77.4 Å². The lowest BCUT2D eigenvalue weighted by Crippen LogP contribution is -2.37. The van der Waals surface area contributed by atoms with E-state index in [1.54, 1.807) is 13.8 Å². The first kappa shape index (κ1) is 42.5. The van der Waals surface area contributed by atoms with Gasteiger partial charge < -0.3 is 35.1 Å². The van der Waals surface area contributed by atoms with E-state index in [2.05, 4.69) is 16.9 Å². The minimum Gasteiger partial charge on any atom is -0.427 e. The zero-order valence-electron chi connectivity index (χ0n) is 31.4. The summed E-state index contributed by atoms with van der Waals surface area (Å²) >= 11 is 0. The summed E-state index contributed by atoms with van der Waals surface area (Å²) in [7, 11) is 0. The smallest absolute Gasteiger partial charge is 0.417 e. The van der Waals surface area contributed by atoms with E-state index in [0.717, 1.165) is 19.8 Å². The number of amides is 3. The molecule has 1 aliphatic carbocycles. The zero-order valence-corrected chi connectivity index (χ0v) is 31.4. The fourth-order valence-corrected chi connectivity index (χ4v) is 5.29. The van der Waals surface area contributed by atoms with Crippen molar-refractivity contribution in [3.05, 3.63) is 94.3 Å². The molecule has 1 aromatic heterocycles. The van der Waals surface area contributed by atoms with E-state index < -0.39 is 67.3 Å². The lowest BCUT2D eigenvalue weighted by atomic mass is 9.89. The van der Waals surface area contributed by atoms with Crippen molar-refractivity contribution in [1.29, 1.82) is 0 Å². The van der Waals surface area contributed by atoms with Crippen LogP contribution in [-0.2, 0) is 41.6 Å². The summed E-state index contributed by atoms with van der Waals surface area (Å²) in [6, 6.07) is 10.6. The van der Waals surface area contributed by atoms with E-state index in [-0.39, 0.29) is 46.0 Å². The average Bonchev–Trinajstić information content (AvgIpc) is 4.00. The number of esters is 3. The molecule has 5 N–H and O–H groups in total. The third-order valence-corrected chi connectivity index (χ3v) is 8.61. The molecule has 1 fully saturated rings. The van der Waals surface area contributed by atoms with Gasteiger partial charge in [-0.3, -0.25) is 29.3 Å². The minimum atomic E-state index is -1.22. The number of aliphatic hydroxyl groups is 1. The van der Waals surface area contributed by atoms with Gasteiger partial charge in [0.2, 0.25) is 13.1 Å². The number of ether oxygens (including phenoxy) is 4. The first-order valence-corrected chi connectivity index (χ1v) is 17.7. The number of hydrogen-bond donors (Lipinski definition) is 4. The maximum atomic E-state index is 14.1. The number of benzene rings is 2. The Morgan fingerprint density at radius 3 is 2.25 bits per heavy atom. The van der Waals surface area contributed by atoms with Crippen LogP contribution in [0.5, 0.6) is 0 Å². The molecule has 296 valence electrons. The number of nitrogens with zero attached hydrogens (tertiary/aromatic N) is 1. The van der Waals surface area contributed by atoms with Crippen LogP contribution in [0.25, 0.3) is 17.2 Å². The van der Waals surface area contributed by atoms with Crippen LogP contribution in [0.3, 0.4) is 0 Å². The van der Waals surface area contributed by atoms with Gasteiger partial charge in [-0.05, 0) is 83.3 Å². The van der Waals surface area contributed by atoms with Crippen molar-refractivity contribution in [3.63, 3.8) is 0 Å². The van der Waals surface area contributed by atoms with Crippen molar-refractivity contribution in [3.8, 4) is 11.1 Å². The number of nitrogens with one attached hydrogen (secondary N) is 2. The number of imide groups is 1. The Hall–Kier alpha value is -6.26. The standard InChI is InChI=1S/C40H44N4O12/c1-6-26-16-31(33(47)15-24-9-11-27(12-10-24)36(48)44-40(52)56-23(5)55-22(4)46)30(17-28(26)19-45)29-13-14-32(37(49)42-18-25-7-8-25)43-35(29)39(51)54-20-53-38(50)34(41)21(2)3/h6,9-14,16-17,21,23,25,34,45H,1,7-8,15,18-20,41H2,2-5H3,(H,42,49)(H,44,48,52)/t23?,34-/m0/s1. The number of alkyl carbamates (subject to hydrolysis) is 1. The molecule has 1 heterocycles. The lowest BCUT2D eigenvalue weighted by Gasteiger charge is -2.17. The summed E-state index contributed by atoms with van der Waals surface area (Å²) in [5, 5.41) is 15.0. The number of Topliss-reactive ketones (excluding diaryl/α,β-unsaturated/α-hetero) is 1. The Bertz CT molecular complexity index is 2010. The van der Waals surface area contributed by atoms with Crippen molar-refractivity contribution in [2.75, 3.05) is 13.3 Å². The summed E-state index contributed by atoms with van der Waals surface area (Å²) in [6.07, 6.45) is 0.868. The first-order valence-electron chi connectivity index (χ1n) is 17.7. The topological polar surface area (TPSA) is 240 Å². The van der Waals surface area contributed by atoms with Gasteiger partial charge in [0.1, 0.15) is 11.7 Å². The van der Waals surface area contributed by atoms with Gasteiger partial charge in [-0.15, -0.1) is 0 Å². The molecule has 3 amide bonds. The fourth-order valence-electron chi connectivity index (χ4n) is 5.29. The highest BCUT2D eigenvalue weighted by atomic mass is 16.7. The largest absolute Gasteiger partial charge is 0.427 e. The molecular formula is C40H44N4O12. The Balaban J connectivity index is 1.64. The van der Waals surface area contributed by atoms with Gasteiger partial charge in [-0.25, -0.2) is 14.6 Å². The van der Waals surface area contributed by atoms with Gasteiger partial charge in [0.25, 0.3) is 11.8 Å². The van der Waals surface area contributed by atoms with Gasteiger partial charge in [-0.2, -0.15) is 0 Å². The van der Waals surface area contributed by atoms with Crippen molar-refractivity contribution in [1.82, 2.24) is 15.6 Å². The molecule has 2 aromatic carbocycles. The minimum absolute atomic E-state index is 0.0626. The Kier molecular flexibility index (Phi) is 14.7. The summed E-state index contributed by atoms with van der Waals surface area (Å²) in [6.45, 7) is 8.84. The molecule has 0 radical (unpaired) electrons. The average molecular weight is 773 g/mol. The SMILES string of the molecule is C=Cc1cc(C(=O)Cc2ccc(C(=O)NC(=O)OC(C)OC(C)=O)cc2)c(-c2ccc(C(=O)NCC3CC3)nc2C(=O)OCOC(=O)[C@@H](N)C(C)C)cc1CO. The molecule has 16 heteroatoms. The lowest BCUT2D eigenvalue weighted by molar-refractivity contribution is -0.162. The van der Waals surface area contributed by atoms with E-state index in [1.165, 1.54) is 61.5 Å². The fraction of sp³-hybridized carbons (Fsp3) is 0.350. The third-order valence-electron chi connectivity index (χ3n) is 8.61. The van der Waals surface area contributed by atoms with E-state index >= 15 is 0 Å². The Morgan fingerprint density at radius 2 is 1.64 bits per heavy atom. The van der Waals surface area contributed by atoms with Gasteiger partial charge in [-0.1, -0.05) is 38.6 Å². The molecule has 1 saturated carbocycles. The van der Waals surface area contributed by atoms with E-state index in [4.69, 9.17) is 24.7 Å². The quantitative estimate of drug-likeness (QED) is 0.0866. The molecule has 0 saturated heterocycles. The Morgan fingerprint density at radius 1 is 0.946 bits per heavy atom. The molecule has 56 heavy (non-hydrogen) atoms. The molecule has 0 aliphatic heterocycles. The highest BCUT2D eigenvalue weighted by Gasteiger charge is 2.27. The number of rotatable bonds is 17. The van der Waals surface area contributed by atoms with Gasteiger partial charge in [0.15, 0.2) is 11.5 Å². The van der Waals surface area contributed by atoms with Crippen LogP contribution in [0.15, 0.2) is 55.1 Å². The number of hydrogen-bond acceptors (Lipinski definition) is 14. The number of aliphatic hydroxyl groups excluding tert-OH is 1. The van der Waals surface area contributed by atoms with Gasteiger partial charge in [0.05, 0.1) is 6.61 Å². The number of ketones is 1. The number of carbonyl (C=O) groups excluding carboxylic acids is 7. The van der Waals surface area contributed by atoms with Crippen molar-refractivity contribution >= 4 is 47.7 Å². The Labute approximate surface area is 322 Å². The molecule has 1 unspecified atom stereocenters. The second kappa shape index (κ2) is 19.4. The van der Waals surface area contributed by atoms with Crippen LogP contribution in [0.2, 0.25) is 0 Å². The summed E-state index contributed by atoms with van der Waals surface area (Å²) < 4.78 is 19.8. The summed E-state index contributed by atoms with van der Waals surface area (Å²) in [4.78, 5) is 93.0. The van der Waals surface area contributed by atoms with Gasteiger partial charge in [0, 0.05) is 43.5 Å². The molecule has 3 aromatic rings. The normalized spacial score (nSPS) is 13.1. The highest BCUT2D eigenvalue weighted by Crippen LogP contribution is 2.32. The molecule has 2 atom stereocenters. The van der Waals surface area contributed by atoms with Crippen LogP contribution in [0.4, 0.5) is 4.79 Å². The van der Waals surface area contributed by atoms with Crippen molar-refractivity contribution in [2.24, 2.45) is 17.6 Å². The molecule has 0 bridgehead atoms. The molecule has 16 nitrogen and oxygen atoms in total. The maximum Gasteiger partial charge on any atom is 0.417 e. The third kappa shape index (κ3) is 11.6. The molecule has 4 rings (SSSR count). The zero-order chi connectivity index (χ0) is 41.1. The second-order valence-electron chi connectivity index (χ2n) is 13.3. The second-order valence-corrected chi connectivity index (χ2v) is 13.3. The molecule has 0 spiro atoms. The number of carbonyl (C=O) groups is 7. The van der Waals surface area contributed by atoms with Crippen LogP contribution in [0.1, 0.15) is 98.9 Å². The molecule has 1 aliphatic rings. The van der Waals surface area contributed by atoms with E-state index in [1.807, 2.05) is 5.32 Å². The monoisotopic (exact) mass is 772 g/mol. The summed E-state index contributed by atoms with van der Waals surface area (Å²) in [5.74, 6) is -4.22. The van der Waals surface area contributed by atoms with Crippen molar-refractivity contribution < 1.29 is 57.6 Å².